The molecule has 0 aromatic rings. The van der Waals surface area contributed by atoms with Crippen LogP contribution in [-0.2, 0) is 19.1 Å². The number of carbonyl (C=O) groups excluding carboxylic acids is 2. The Balaban J connectivity index is 2.71. The van der Waals surface area contributed by atoms with Crippen molar-refractivity contribution < 1.29 is 19.1 Å². The van der Waals surface area contributed by atoms with Crippen molar-refractivity contribution >= 4 is 11.9 Å². The van der Waals surface area contributed by atoms with Gasteiger partial charge in [-0.2, -0.15) is 0 Å². The Bertz CT molecular complexity index is 169. The lowest BCUT2D eigenvalue weighted by atomic mass is 9.96. The Morgan fingerprint density at radius 3 is 2.00 bits per heavy atom. The summed E-state index contributed by atoms with van der Waals surface area (Å²) in [6.45, 7) is 3.32. The quantitative estimate of drug-likeness (QED) is 0.407. The van der Waals surface area contributed by atoms with Crippen LogP contribution in [0.25, 0.3) is 0 Å². The molecule has 1 aliphatic rings. The lowest BCUT2D eigenvalue weighted by Gasteiger charge is -2.22. The molecule has 0 unspecified atom stereocenters. The van der Waals surface area contributed by atoms with Crippen LogP contribution in [0.5, 0.6) is 0 Å². The molecule has 0 bridgehead atoms. The molecule has 0 spiro atoms. The summed E-state index contributed by atoms with van der Waals surface area (Å²) in [7, 11) is 0. The molecule has 1 aliphatic heterocycles. The second kappa shape index (κ2) is 2.90. The topological polar surface area (TPSA) is 52.6 Å². The van der Waals surface area contributed by atoms with Crippen LogP contribution in [0.2, 0.25) is 0 Å². The van der Waals surface area contributed by atoms with E-state index >= 15 is 0 Å². The van der Waals surface area contributed by atoms with E-state index in [1.165, 1.54) is 0 Å². The van der Waals surface area contributed by atoms with Crippen molar-refractivity contribution in [3.8, 4) is 0 Å². The van der Waals surface area contributed by atoms with Crippen LogP contribution in [0.4, 0.5) is 0 Å². The predicted molar refractivity (Wildman–Crippen MR) is 35.4 cm³/mol. The Morgan fingerprint density at radius 1 is 1.27 bits per heavy atom. The van der Waals surface area contributed by atoms with Gasteiger partial charge in [0.05, 0.1) is 0 Å². The van der Waals surface area contributed by atoms with Crippen molar-refractivity contribution in [3.63, 3.8) is 0 Å². The first-order chi connectivity index (χ1) is 5.13. The first-order valence-electron chi connectivity index (χ1n) is 3.46. The van der Waals surface area contributed by atoms with Gasteiger partial charge in [-0.15, -0.1) is 0 Å². The van der Waals surface area contributed by atoms with Gasteiger partial charge < -0.3 is 9.47 Å². The highest BCUT2D eigenvalue weighted by atomic mass is 16.7. The Kier molecular flexibility index (Phi) is 2.12. The fourth-order valence-corrected chi connectivity index (χ4v) is 0.966. The molecule has 0 aromatic carbocycles. The minimum atomic E-state index is -0.733. The maximum atomic E-state index is 10.9. The number of hydrogen-bond donors (Lipinski definition) is 0. The third kappa shape index (κ3) is 1.50. The van der Waals surface area contributed by atoms with Crippen LogP contribution in [0.15, 0.2) is 0 Å². The summed E-state index contributed by atoms with van der Waals surface area (Å²) >= 11 is 0. The number of cyclic esters (lactones) is 2. The van der Waals surface area contributed by atoms with Crippen molar-refractivity contribution in [3.05, 3.63) is 0 Å². The van der Waals surface area contributed by atoms with E-state index in [-0.39, 0.29) is 12.7 Å². The Labute approximate surface area is 64.5 Å². The molecule has 0 aromatic heterocycles. The van der Waals surface area contributed by atoms with Crippen molar-refractivity contribution in [1.29, 1.82) is 0 Å². The summed E-state index contributed by atoms with van der Waals surface area (Å²) in [5.41, 5.74) is 0. The minimum Gasteiger partial charge on any atom is -0.427 e. The average molecular weight is 158 g/mol. The van der Waals surface area contributed by atoms with Crippen molar-refractivity contribution in [2.24, 2.45) is 11.8 Å². The molecule has 1 rings (SSSR count). The van der Waals surface area contributed by atoms with Gasteiger partial charge >= 0.3 is 11.9 Å². The SMILES string of the molecule is CC(C)C1C(=O)OCOC1=O. The fraction of sp³-hybridized carbons (Fsp3) is 0.714. The van der Waals surface area contributed by atoms with E-state index in [9.17, 15) is 9.59 Å². The molecule has 62 valence electrons. The Hall–Kier alpha value is -1.06. The summed E-state index contributed by atoms with van der Waals surface area (Å²) in [5.74, 6) is -1.74. The third-order valence-corrected chi connectivity index (χ3v) is 1.58. The summed E-state index contributed by atoms with van der Waals surface area (Å²) in [5, 5.41) is 0. The van der Waals surface area contributed by atoms with E-state index in [1.807, 2.05) is 0 Å². The highest BCUT2D eigenvalue weighted by Crippen LogP contribution is 2.17. The molecule has 0 atom stereocenters. The largest absolute Gasteiger partial charge is 0.427 e. The maximum absolute atomic E-state index is 10.9. The normalized spacial score (nSPS) is 19.9. The third-order valence-electron chi connectivity index (χ3n) is 1.58. The summed E-state index contributed by atoms with van der Waals surface area (Å²) in [4.78, 5) is 21.8. The standard InChI is InChI=1S/C7H10O4/c1-4(2)5-6(8)10-3-11-7(5)9/h4-5H,3H2,1-2H3. The summed E-state index contributed by atoms with van der Waals surface area (Å²) in [6, 6.07) is 0. The van der Waals surface area contributed by atoms with Crippen molar-refractivity contribution in [2.75, 3.05) is 6.79 Å². The molecule has 0 aliphatic carbocycles. The second-order valence-electron chi connectivity index (χ2n) is 2.77. The monoisotopic (exact) mass is 158 g/mol. The van der Waals surface area contributed by atoms with E-state index in [0.717, 1.165) is 0 Å². The molecule has 11 heavy (non-hydrogen) atoms. The number of rotatable bonds is 1. The van der Waals surface area contributed by atoms with E-state index in [4.69, 9.17) is 0 Å². The molecule has 0 amide bonds. The van der Waals surface area contributed by atoms with Gasteiger partial charge in [0, 0.05) is 0 Å². The number of hydrogen-bond acceptors (Lipinski definition) is 4. The smallest absolute Gasteiger partial charge is 0.323 e. The van der Waals surface area contributed by atoms with Crippen LogP contribution in [0.3, 0.4) is 0 Å². The molecule has 0 N–H and O–H groups in total. The van der Waals surface area contributed by atoms with Gasteiger partial charge in [-0.3, -0.25) is 9.59 Å². The van der Waals surface area contributed by atoms with Crippen molar-refractivity contribution in [2.45, 2.75) is 13.8 Å². The lowest BCUT2D eigenvalue weighted by Crippen LogP contribution is -2.37. The number of carbonyl (C=O) groups is 2. The first kappa shape index (κ1) is 8.04. The molecular formula is C7H10O4. The van der Waals surface area contributed by atoms with Gasteiger partial charge in [-0.05, 0) is 5.92 Å². The molecular weight excluding hydrogens is 148 g/mol. The van der Waals surface area contributed by atoms with E-state index in [0.29, 0.717) is 0 Å². The minimum absolute atomic E-state index is 0.0599. The number of ether oxygens (including phenoxy) is 2. The van der Waals surface area contributed by atoms with Gasteiger partial charge in [0.2, 0.25) is 6.79 Å². The molecule has 1 heterocycles. The molecule has 1 saturated heterocycles. The van der Waals surface area contributed by atoms with Crippen molar-refractivity contribution in [1.82, 2.24) is 0 Å². The first-order valence-corrected chi connectivity index (χ1v) is 3.46. The van der Waals surface area contributed by atoms with Crippen LogP contribution in [0, 0.1) is 11.8 Å². The maximum Gasteiger partial charge on any atom is 0.323 e. The zero-order valence-corrected chi connectivity index (χ0v) is 6.49. The average Bonchev–Trinajstić information content (AvgIpc) is 1.85. The van der Waals surface area contributed by atoms with E-state index < -0.39 is 17.9 Å². The fourth-order valence-electron chi connectivity index (χ4n) is 0.966. The molecule has 0 saturated carbocycles. The lowest BCUT2D eigenvalue weighted by molar-refractivity contribution is -0.192. The van der Waals surface area contributed by atoms with Crippen LogP contribution in [0.1, 0.15) is 13.8 Å². The molecule has 0 radical (unpaired) electrons. The number of esters is 2. The summed E-state index contributed by atoms with van der Waals surface area (Å²) in [6.07, 6.45) is 0. The van der Waals surface area contributed by atoms with Crippen LogP contribution >= 0.6 is 0 Å². The summed E-state index contributed by atoms with van der Waals surface area (Å²) < 4.78 is 9.08. The van der Waals surface area contributed by atoms with Gasteiger partial charge in [0.25, 0.3) is 0 Å². The van der Waals surface area contributed by atoms with Gasteiger partial charge in [-0.25, -0.2) is 0 Å². The van der Waals surface area contributed by atoms with Gasteiger partial charge in [-0.1, -0.05) is 13.8 Å². The van der Waals surface area contributed by atoms with E-state index in [2.05, 4.69) is 9.47 Å². The van der Waals surface area contributed by atoms with Gasteiger partial charge in [0.15, 0.2) is 5.92 Å². The highest BCUT2D eigenvalue weighted by molar-refractivity contribution is 5.96. The van der Waals surface area contributed by atoms with Crippen LogP contribution < -0.4 is 0 Å². The molecule has 1 fully saturated rings. The highest BCUT2D eigenvalue weighted by Gasteiger charge is 2.36. The predicted octanol–water partition coefficient (Wildman–Crippen LogP) is 0.316. The van der Waals surface area contributed by atoms with E-state index in [1.54, 1.807) is 13.8 Å². The molecule has 4 heteroatoms. The zero-order chi connectivity index (χ0) is 8.43. The second-order valence-corrected chi connectivity index (χ2v) is 2.77. The van der Waals surface area contributed by atoms with Crippen LogP contribution in [-0.4, -0.2) is 18.7 Å². The zero-order valence-electron chi connectivity index (χ0n) is 6.49. The molecule has 4 nitrogen and oxygen atoms in total. The Morgan fingerprint density at radius 2 is 1.73 bits per heavy atom. The van der Waals surface area contributed by atoms with Gasteiger partial charge in [0.1, 0.15) is 0 Å².